The number of aromatic nitrogens is 2. The van der Waals surface area contributed by atoms with Gasteiger partial charge in [-0.2, -0.15) is 0 Å². The molecule has 0 spiro atoms. The fraction of sp³-hybridized carbons (Fsp3) is 0.0500. The molecule has 4 rings (SSSR count). The summed E-state index contributed by atoms with van der Waals surface area (Å²) in [6.07, 6.45) is 0. The van der Waals surface area contributed by atoms with Gasteiger partial charge in [0.15, 0.2) is 5.69 Å². The van der Waals surface area contributed by atoms with Crippen molar-refractivity contribution < 1.29 is 14.3 Å². The summed E-state index contributed by atoms with van der Waals surface area (Å²) >= 11 is 6.09. The molecule has 8 heteroatoms. The molecule has 0 saturated heterocycles. The molecule has 0 aliphatic rings. The van der Waals surface area contributed by atoms with E-state index in [4.69, 9.17) is 16.3 Å². The summed E-state index contributed by atoms with van der Waals surface area (Å²) in [6, 6.07) is 16.1. The van der Waals surface area contributed by atoms with Gasteiger partial charge in [0, 0.05) is 16.3 Å². The average Bonchev–Trinajstić information content (AvgIpc) is 3.10. The Morgan fingerprint density at radius 3 is 2.61 bits per heavy atom. The molecule has 7 nitrogen and oxygen atoms in total. The van der Waals surface area contributed by atoms with Crippen LogP contribution in [0.15, 0.2) is 54.6 Å². The number of hydrogen-bond acceptors (Lipinski definition) is 5. The summed E-state index contributed by atoms with van der Waals surface area (Å²) in [5.41, 5.74) is 7.33. The summed E-state index contributed by atoms with van der Waals surface area (Å²) in [5, 5.41) is 2.03. The van der Waals surface area contributed by atoms with Crippen LogP contribution in [0.2, 0.25) is 5.02 Å². The number of aromatic amines is 1. The van der Waals surface area contributed by atoms with Gasteiger partial charge >= 0.3 is 5.97 Å². The fourth-order valence-electron chi connectivity index (χ4n) is 2.97. The molecule has 2 heterocycles. The van der Waals surface area contributed by atoms with Gasteiger partial charge in [0.25, 0.3) is 5.91 Å². The van der Waals surface area contributed by atoms with Gasteiger partial charge in [-0.3, -0.25) is 15.6 Å². The second-order valence-corrected chi connectivity index (χ2v) is 6.41. The van der Waals surface area contributed by atoms with E-state index in [0.29, 0.717) is 21.6 Å². The first kappa shape index (κ1) is 17.8. The Morgan fingerprint density at radius 2 is 1.82 bits per heavy atom. The van der Waals surface area contributed by atoms with Gasteiger partial charge in [-0.25, -0.2) is 9.78 Å². The van der Waals surface area contributed by atoms with Crippen molar-refractivity contribution >= 4 is 51.0 Å². The molecule has 28 heavy (non-hydrogen) atoms. The van der Waals surface area contributed by atoms with Crippen LogP contribution in [0.5, 0.6) is 0 Å². The van der Waals surface area contributed by atoms with Gasteiger partial charge in [-0.05, 0) is 24.3 Å². The molecule has 0 aliphatic carbocycles. The molecule has 0 saturated carbocycles. The highest BCUT2D eigenvalue weighted by Crippen LogP contribution is 2.28. The number of ether oxygens (including phenoxy) is 1. The van der Waals surface area contributed by atoms with Crippen molar-refractivity contribution in [1.82, 2.24) is 15.4 Å². The Morgan fingerprint density at radius 1 is 1.07 bits per heavy atom. The summed E-state index contributed by atoms with van der Waals surface area (Å²) in [4.78, 5) is 32.3. The lowest BCUT2D eigenvalue weighted by Crippen LogP contribution is -2.30. The third-order valence-electron chi connectivity index (χ3n) is 4.29. The van der Waals surface area contributed by atoms with E-state index in [1.807, 2.05) is 24.3 Å². The molecule has 0 bridgehead atoms. The molecule has 0 aliphatic heterocycles. The number of esters is 1. The molecular formula is C20H15ClN4O3. The highest BCUT2D eigenvalue weighted by Gasteiger charge is 2.20. The second kappa shape index (κ2) is 7.21. The monoisotopic (exact) mass is 394 g/mol. The molecule has 140 valence electrons. The number of pyridine rings is 1. The smallest absolute Gasteiger partial charge is 0.356 e. The molecule has 0 radical (unpaired) electrons. The van der Waals surface area contributed by atoms with Crippen molar-refractivity contribution in [3.05, 3.63) is 71.0 Å². The van der Waals surface area contributed by atoms with Gasteiger partial charge in [-0.1, -0.05) is 41.9 Å². The van der Waals surface area contributed by atoms with Gasteiger partial charge < -0.3 is 9.72 Å². The Hall–Kier alpha value is -3.58. The lowest BCUT2D eigenvalue weighted by atomic mass is 10.1. The van der Waals surface area contributed by atoms with Crippen LogP contribution in [0, 0.1) is 0 Å². The zero-order valence-corrected chi connectivity index (χ0v) is 15.5. The number of halogens is 1. The number of benzene rings is 2. The maximum atomic E-state index is 12.8. The third-order valence-corrected chi connectivity index (χ3v) is 4.62. The van der Waals surface area contributed by atoms with Crippen LogP contribution in [0.4, 0.5) is 5.69 Å². The Bertz CT molecular complexity index is 1220. The van der Waals surface area contributed by atoms with Gasteiger partial charge in [-0.15, -0.1) is 0 Å². The van der Waals surface area contributed by atoms with Gasteiger partial charge in [0.1, 0.15) is 5.69 Å². The zero-order valence-electron chi connectivity index (χ0n) is 14.7. The van der Waals surface area contributed by atoms with Crippen molar-refractivity contribution in [3.63, 3.8) is 0 Å². The standard InChI is InChI=1S/C20H15ClN4O3/c1-28-20(27)16-10-12-11-6-2-4-8-14(11)22-17(12)18(23-16)19(26)25-24-15-9-5-3-7-13(15)21/h2-10,22,24H,1H3,(H,25,26). The number of H-pyrrole nitrogens is 1. The molecule has 4 aromatic rings. The highest BCUT2D eigenvalue weighted by atomic mass is 35.5. The summed E-state index contributed by atoms with van der Waals surface area (Å²) in [5.74, 6) is -1.15. The second-order valence-electron chi connectivity index (χ2n) is 6.00. The Kier molecular flexibility index (Phi) is 4.58. The first-order chi connectivity index (χ1) is 13.6. The van der Waals surface area contributed by atoms with Crippen LogP contribution < -0.4 is 10.9 Å². The van der Waals surface area contributed by atoms with Crippen LogP contribution in [0.3, 0.4) is 0 Å². The van der Waals surface area contributed by atoms with Gasteiger partial charge in [0.05, 0.1) is 23.3 Å². The summed E-state index contributed by atoms with van der Waals surface area (Å²) in [7, 11) is 1.27. The van der Waals surface area contributed by atoms with Crippen molar-refractivity contribution in [1.29, 1.82) is 0 Å². The Labute approximate surface area is 164 Å². The minimum absolute atomic E-state index is 0.0441. The van der Waals surface area contributed by atoms with Gasteiger partial charge in [0.2, 0.25) is 0 Å². The number of carbonyl (C=O) groups is 2. The number of hydrazine groups is 1. The number of rotatable bonds is 4. The largest absolute Gasteiger partial charge is 0.464 e. The van der Waals surface area contributed by atoms with Crippen molar-refractivity contribution in [2.24, 2.45) is 0 Å². The Balaban J connectivity index is 1.79. The number of fused-ring (bicyclic) bond motifs is 3. The topological polar surface area (TPSA) is 96.1 Å². The summed E-state index contributed by atoms with van der Waals surface area (Å²) < 4.78 is 4.78. The van der Waals surface area contributed by atoms with E-state index in [1.165, 1.54) is 7.11 Å². The number of carbonyl (C=O) groups excluding carboxylic acids is 2. The van der Waals surface area contributed by atoms with Crippen LogP contribution in [-0.4, -0.2) is 29.0 Å². The highest BCUT2D eigenvalue weighted by molar-refractivity contribution is 6.33. The van der Waals surface area contributed by atoms with Crippen molar-refractivity contribution in [2.75, 3.05) is 12.5 Å². The van der Waals surface area contributed by atoms with Crippen LogP contribution >= 0.6 is 11.6 Å². The SMILES string of the molecule is COC(=O)c1cc2c([nH]c3ccccc32)c(C(=O)NNc2ccccc2Cl)n1. The van der Waals surface area contributed by atoms with Crippen molar-refractivity contribution in [2.45, 2.75) is 0 Å². The predicted molar refractivity (Wildman–Crippen MR) is 107 cm³/mol. The molecule has 0 unspecified atom stereocenters. The first-order valence-electron chi connectivity index (χ1n) is 8.39. The van der Waals surface area contributed by atoms with E-state index in [0.717, 1.165) is 10.9 Å². The third kappa shape index (κ3) is 3.12. The minimum Gasteiger partial charge on any atom is -0.464 e. The number of anilines is 1. The molecule has 2 aromatic carbocycles. The number of hydrogen-bond donors (Lipinski definition) is 3. The van der Waals surface area contributed by atoms with E-state index in [1.54, 1.807) is 30.3 Å². The average molecular weight is 395 g/mol. The van der Waals surface area contributed by atoms with Crippen LogP contribution in [-0.2, 0) is 4.74 Å². The fourth-order valence-corrected chi connectivity index (χ4v) is 3.15. The number of nitrogens with one attached hydrogen (secondary N) is 3. The number of nitrogens with zero attached hydrogens (tertiary/aromatic N) is 1. The maximum absolute atomic E-state index is 12.8. The minimum atomic E-state index is -0.625. The number of amides is 1. The number of para-hydroxylation sites is 2. The van der Waals surface area contributed by atoms with Crippen LogP contribution in [0.1, 0.15) is 21.0 Å². The molecule has 1 amide bonds. The quantitative estimate of drug-likeness (QED) is 0.360. The predicted octanol–water partition coefficient (Wildman–Crippen LogP) is 3.91. The molecule has 0 atom stereocenters. The molecule has 2 aromatic heterocycles. The zero-order chi connectivity index (χ0) is 19.7. The lowest BCUT2D eigenvalue weighted by molar-refractivity contribution is 0.0594. The van der Waals surface area contributed by atoms with Crippen molar-refractivity contribution in [3.8, 4) is 0 Å². The lowest BCUT2D eigenvalue weighted by Gasteiger charge is -2.10. The summed E-state index contributed by atoms with van der Waals surface area (Å²) in [6.45, 7) is 0. The van der Waals surface area contributed by atoms with E-state index in [-0.39, 0.29) is 11.4 Å². The molecule has 0 fully saturated rings. The molecule has 3 N–H and O–H groups in total. The van der Waals surface area contributed by atoms with E-state index in [2.05, 4.69) is 20.8 Å². The van der Waals surface area contributed by atoms with E-state index in [9.17, 15) is 9.59 Å². The van der Waals surface area contributed by atoms with Crippen LogP contribution in [0.25, 0.3) is 21.8 Å². The first-order valence-corrected chi connectivity index (χ1v) is 8.77. The van der Waals surface area contributed by atoms with E-state index >= 15 is 0 Å². The number of methoxy groups -OCH3 is 1. The molecular weight excluding hydrogens is 380 g/mol. The normalized spacial score (nSPS) is 10.8. The maximum Gasteiger partial charge on any atom is 0.356 e. The van der Waals surface area contributed by atoms with E-state index < -0.39 is 11.9 Å².